The first kappa shape index (κ1) is 17.8. The molecule has 0 aromatic heterocycles. The van der Waals surface area contributed by atoms with Crippen molar-refractivity contribution >= 4 is 23.7 Å². The minimum atomic E-state index is -0.400. The van der Waals surface area contributed by atoms with Crippen LogP contribution in [0.4, 0.5) is 0 Å². The first-order chi connectivity index (χ1) is 11.4. The van der Waals surface area contributed by atoms with Gasteiger partial charge >= 0.3 is 0 Å². The second kappa shape index (κ2) is 7.84. The van der Waals surface area contributed by atoms with Crippen molar-refractivity contribution in [2.24, 2.45) is 5.10 Å². The molecule has 6 heteroatoms. The van der Waals surface area contributed by atoms with Crippen molar-refractivity contribution in [3.05, 3.63) is 57.6 Å². The number of nitrogens with one attached hydrogen (secondary N) is 1. The third-order valence-corrected chi connectivity index (χ3v) is 3.95. The molecule has 0 atom stereocenters. The number of amides is 1. The molecule has 0 bridgehead atoms. The lowest BCUT2D eigenvalue weighted by molar-refractivity contribution is -0.123. The van der Waals surface area contributed by atoms with Gasteiger partial charge in [0.05, 0.1) is 6.21 Å². The van der Waals surface area contributed by atoms with Gasteiger partial charge in [0.2, 0.25) is 0 Å². The van der Waals surface area contributed by atoms with Gasteiger partial charge in [-0.05, 0) is 61.7 Å². The Balaban J connectivity index is 1.88. The molecule has 126 valence electrons. The number of nitrogens with zero attached hydrogens (tertiary/aromatic N) is 1. The van der Waals surface area contributed by atoms with Crippen LogP contribution >= 0.6 is 11.6 Å². The quantitative estimate of drug-likeness (QED) is 0.643. The molecule has 0 saturated heterocycles. The number of phenols is 1. The van der Waals surface area contributed by atoms with Crippen molar-refractivity contribution in [1.82, 2.24) is 5.43 Å². The van der Waals surface area contributed by atoms with Crippen LogP contribution in [0.25, 0.3) is 0 Å². The maximum atomic E-state index is 11.7. The largest absolute Gasteiger partial charge is 0.507 e. The summed E-state index contributed by atoms with van der Waals surface area (Å²) in [7, 11) is 0. The van der Waals surface area contributed by atoms with E-state index in [-0.39, 0.29) is 12.4 Å². The van der Waals surface area contributed by atoms with Crippen LogP contribution in [0.5, 0.6) is 11.5 Å². The Morgan fingerprint density at radius 3 is 2.54 bits per heavy atom. The van der Waals surface area contributed by atoms with Crippen molar-refractivity contribution in [3.8, 4) is 11.5 Å². The Morgan fingerprint density at radius 2 is 1.92 bits per heavy atom. The van der Waals surface area contributed by atoms with Crippen LogP contribution in [0.2, 0.25) is 5.02 Å². The average molecular weight is 347 g/mol. The molecule has 0 radical (unpaired) electrons. The van der Waals surface area contributed by atoms with Gasteiger partial charge in [-0.15, -0.1) is 0 Å². The van der Waals surface area contributed by atoms with Gasteiger partial charge in [-0.3, -0.25) is 4.79 Å². The first-order valence-corrected chi connectivity index (χ1v) is 7.75. The molecule has 2 aromatic rings. The molecule has 0 saturated carbocycles. The van der Waals surface area contributed by atoms with E-state index in [1.807, 2.05) is 26.8 Å². The van der Waals surface area contributed by atoms with Crippen molar-refractivity contribution in [2.45, 2.75) is 20.8 Å². The predicted molar refractivity (Wildman–Crippen MR) is 95.0 cm³/mol. The number of carbonyl (C=O) groups excluding carboxylic acids is 1. The SMILES string of the molecule is Cc1ccc(/C=N\NC(=O)COc2cc(C)c(Cl)c(C)c2)c(O)c1. The van der Waals surface area contributed by atoms with Crippen LogP contribution in [0.15, 0.2) is 35.4 Å². The highest BCUT2D eigenvalue weighted by Gasteiger charge is 2.06. The summed E-state index contributed by atoms with van der Waals surface area (Å²) in [6.07, 6.45) is 1.38. The van der Waals surface area contributed by atoms with E-state index >= 15 is 0 Å². The van der Waals surface area contributed by atoms with Crippen LogP contribution in [0.1, 0.15) is 22.3 Å². The minimum Gasteiger partial charge on any atom is -0.507 e. The van der Waals surface area contributed by atoms with E-state index in [0.29, 0.717) is 16.3 Å². The highest BCUT2D eigenvalue weighted by molar-refractivity contribution is 6.32. The van der Waals surface area contributed by atoms with E-state index < -0.39 is 5.91 Å². The van der Waals surface area contributed by atoms with E-state index in [2.05, 4.69) is 10.5 Å². The van der Waals surface area contributed by atoms with Crippen molar-refractivity contribution in [2.75, 3.05) is 6.61 Å². The number of benzene rings is 2. The summed E-state index contributed by atoms with van der Waals surface area (Å²) < 4.78 is 5.43. The zero-order valence-corrected chi connectivity index (χ0v) is 14.5. The molecule has 24 heavy (non-hydrogen) atoms. The van der Waals surface area contributed by atoms with Crippen molar-refractivity contribution in [1.29, 1.82) is 0 Å². The first-order valence-electron chi connectivity index (χ1n) is 7.38. The Bertz CT molecular complexity index is 765. The molecule has 0 unspecified atom stereocenters. The summed E-state index contributed by atoms with van der Waals surface area (Å²) in [5, 5.41) is 14.2. The van der Waals surface area contributed by atoms with E-state index in [4.69, 9.17) is 16.3 Å². The predicted octanol–water partition coefficient (Wildman–Crippen LogP) is 3.50. The van der Waals surface area contributed by atoms with Crippen LogP contribution in [-0.4, -0.2) is 23.8 Å². The minimum absolute atomic E-state index is 0.108. The highest BCUT2D eigenvalue weighted by Crippen LogP contribution is 2.25. The molecule has 2 rings (SSSR count). The van der Waals surface area contributed by atoms with E-state index in [1.54, 1.807) is 24.3 Å². The number of rotatable bonds is 5. The zero-order valence-electron chi connectivity index (χ0n) is 13.8. The van der Waals surface area contributed by atoms with Crippen LogP contribution < -0.4 is 10.2 Å². The third kappa shape index (κ3) is 4.73. The summed E-state index contributed by atoms with van der Waals surface area (Å²) >= 11 is 6.09. The molecule has 0 fully saturated rings. The third-order valence-electron chi connectivity index (χ3n) is 3.36. The van der Waals surface area contributed by atoms with E-state index in [1.165, 1.54) is 6.21 Å². The number of hydrazone groups is 1. The Labute approximate surface area is 145 Å². The zero-order chi connectivity index (χ0) is 17.7. The molecular weight excluding hydrogens is 328 g/mol. The lowest BCUT2D eigenvalue weighted by Crippen LogP contribution is -2.24. The van der Waals surface area contributed by atoms with Crippen molar-refractivity contribution < 1.29 is 14.6 Å². The number of aryl methyl sites for hydroxylation is 3. The summed E-state index contributed by atoms with van der Waals surface area (Å²) in [6.45, 7) is 5.46. The van der Waals surface area contributed by atoms with Gasteiger partial charge in [0, 0.05) is 10.6 Å². The molecule has 1 amide bonds. The number of hydrogen-bond acceptors (Lipinski definition) is 4. The monoisotopic (exact) mass is 346 g/mol. The Kier molecular flexibility index (Phi) is 5.82. The molecule has 5 nitrogen and oxygen atoms in total. The molecule has 2 N–H and O–H groups in total. The summed E-state index contributed by atoms with van der Waals surface area (Å²) in [5.41, 5.74) is 5.59. The second-order valence-corrected chi connectivity index (χ2v) is 5.89. The Hall–Kier alpha value is -2.53. The number of carbonyl (C=O) groups is 1. The van der Waals surface area contributed by atoms with Gasteiger partial charge in [-0.2, -0.15) is 5.10 Å². The lowest BCUT2D eigenvalue weighted by atomic mass is 10.1. The topological polar surface area (TPSA) is 70.9 Å². The number of halogens is 1. The van der Waals surface area contributed by atoms with E-state index in [0.717, 1.165) is 16.7 Å². The Morgan fingerprint density at radius 1 is 1.25 bits per heavy atom. The normalized spacial score (nSPS) is 10.8. The standard InChI is InChI=1S/C18H19ClN2O3/c1-11-4-5-14(16(22)6-11)9-20-21-17(23)10-24-15-7-12(2)18(19)13(3)8-15/h4-9,22H,10H2,1-3H3,(H,21,23)/b20-9-. The summed E-state index contributed by atoms with van der Waals surface area (Å²) in [4.78, 5) is 11.7. The summed E-state index contributed by atoms with van der Waals surface area (Å²) in [6, 6.07) is 8.73. The van der Waals surface area contributed by atoms with Gasteiger partial charge in [0.25, 0.3) is 5.91 Å². The lowest BCUT2D eigenvalue weighted by Gasteiger charge is -2.09. The van der Waals surface area contributed by atoms with Gasteiger partial charge in [-0.1, -0.05) is 17.7 Å². The average Bonchev–Trinajstić information content (AvgIpc) is 2.52. The molecule has 0 aliphatic heterocycles. The van der Waals surface area contributed by atoms with Crippen LogP contribution in [-0.2, 0) is 4.79 Å². The van der Waals surface area contributed by atoms with Crippen molar-refractivity contribution in [3.63, 3.8) is 0 Å². The van der Waals surface area contributed by atoms with Gasteiger partial charge < -0.3 is 9.84 Å². The molecule has 0 heterocycles. The molecule has 2 aromatic carbocycles. The molecule has 0 aliphatic carbocycles. The van der Waals surface area contributed by atoms with Gasteiger partial charge in [0.1, 0.15) is 11.5 Å². The number of phenolic OH excluding ortho intramolecular Hbond substituents is 1. The number of aromatic hydroxyl groups is 1. The fourth-order valence-electron chi connectivity index (χ4n) is 2.11. The van der Waals surface area contributed by atoms with Gasteiger partial charge in [0.15, 0.2) is 6.61 Å². The molecule has 0 aliphatic rings. The molecular formula is C18H19ClN2O3. The second-order valence-electron chi connectivity index (χ2n) is 5.52. The van der Waals surface area contributed by atoms with E-state index in [9.17, 15) is 9.90 Å². The maximum Gasteiger partial charge on any atom is 0.277 e. The fraction of sp³-hybridized carbons (Fsp3) is 0.222. The molecule has 0 spiro atoms. The van der Waals surface area contributed by atoms with Crippen LogP contribution in [0, 0.1) is 20.8 Å². The van der Waals surface area contributed by atoms with Crippen LogP contribution in [0.3, 0.4) is 0 Å². The maximum absolute atomic E-state index is 11.7. The highest BCUT2D eigenvalue weighted by atomic mass is 35.5. The van der Waals surface area contributed by atoms with Gasteiger partial charge in [-0.25, -0.2) is 5.43 Å². The smallest absolute Gasteiger partial charge is 0.277 e. The number of ether oxygens (including phenoxy) is 1. The number of hydrogen-bond donors (Lipinski definition) is 2. The summed E-state index contributed by atoms with van der Waals surface area (Å²) in [5.74, 6) is 0.282. The fourth-order valence-corrected chi connectivity index (χ4v) is 2.22.